The van der Waals surface area contributed by atoms with Crippen LogP contribution in [0.15, 0.2) is 48.3 Å². The Labute approximate surface area is 135 Å². The molecule has 0 bridgehead atoms. The molecule has 1 aromatic heterocycles. The summed E-state index contributed by atoms with van der Waals surface area (Å²) >= 11 is 0. The molecule has 1 N–H and O–H groups in total. The summed E-state index contributed by atoms with van der Waals surface area (Å²) < 4.78 is 1.98. The van der Waals surface area contributed by atoms with Crippen LogP contribution < -0.4 is 5.32 Å². The number of nitrogens with one attached hydrogen (secondary N) is 1. The maximum atomic E-state index is 12.3. The van der Waals surface area contributed by atoms with Crippen molar-refractivity contribution < 1.29 is 9.59 Å². The maximum absolute atomic E-state index is 12.3. The van der Waals surface area contributed by atoms with Gasteiger partial charge in [-0.2, -0.15) is 0 Å². The van der Waals surface area contributed by atoms with Crippen molar-refractivity contribution >= 4 is 18.0 Å². The highest BCUT2D eigenvalue weighted by Gasteiger charge is 2.32. The number of hydrogen-bond acceptors (Lipinski definition) is 2. The third-order valence-corrected chi connectivity index (χ3v) is 3.79. The lowest BCUT2D eigenvalue weighted by Crippen LogP contribution is -2.31. The first-order valence-electron chi connectivity index (χ1n) is 7.69. The molecule has 1 aliphatic rings. The van der Waals surface area contributed by atoms with Crippen LogP contribution in [0, 0.1) is 6.92 Å². The standard InChI is InChI=1S/C18H19N3O2/c1-3-10-21-17(22)16(19-18(21)23)12-15-5-4-11-20(15)14-8-6-13(2)7-9-14/h4-9,11-12H,3,10H2,1-2H3,(H,19,23)/b16-12+. The summed E-state index contributed by atoms with van der Waals surface area (Å²) in [5.41, 5.74) is 3.36. The predicted octanol–water partition coefficient (Wildman–Crippen LogP) is 3.09. The lowest BCUT2D eigenvalue weighted by atomic mass is 10.2. The Balaban J connectivity index is 1.92. The van der Waals surface area contributed by atoms with Crippen molar-refractivity contribution in [1.82, 2.24) is 14.8 Å². The minimum Gasteiger partial charge on any atom is -0.317 e. The fourth-order valence-electron chi connectivity index (χ4n) is 2.60. The summed E-state index contributed by atoms with van der Waals surface area (Å²) in [6.07, 6.45) is 4.39. The summed E-state index contributed by atoms with van der Waals surface area (Å²) in [6, 6.07) is 11.6. The average Bonchev–Trinajstić information content (AvgIpc) is 3.09. The number of imide groups is 1. The highest BCUT2D eigenvalue weighted by atomic mass is 16.2. The fraction of sp³-hybridized carbons (Fsp3) is 0.222. The van der Waals surface area contributed by atoms with E-state index in [0.717, 1.165) is 17.8 Å². The van der Waals surface area contributed by atoms with Crippen LogP contribution in [-0.4, -0.2) is 28.0 Å². The van der Waals surface area contributed by atoms with Gasteiger partial charge >= 0.3 is 6.03 Å². The smallest absolute Gasteiger partial charge is 0.317 e. The van der Waals surface area contributed by atoms with E-state index in [0.29, 0.717) is 12.2 Å². The monoisotopic (exact) mass is 309 g/mol. The van der Waals surface area contributed by atoms with Gasteiger partial charge < -0.3 is 9.88 Å². The molecule has 1 aromatic carbocycles. The first-order chi connectivity index (χ1) is 11.1. The normalized spacial score (nSPS) is 16.3. The third-order valence-electron chi connectivity index (χ3n) is 3.79. The topological polar surface area (TPSA) is 54.3 Å². The quantitative estimate of drug-likeness (QED) is 0.697. The van der Waals surface area contributed by atoms with Crippen molar-refractivity contribution in [2.75, 3.05) is 6.54 Å². The van der Waals surface area contributed by atoms with Gasteiger partial charge in [0.25, 0.3) is 5.91 Å². The van der Waals surface area contributed by atoms with Crippen molar-refractivity contribution in [3.63, 3.8) is 0 Å². The van der Waals surface area contributed by atoms with E-state index < -0.39 is 0 Å². The molecule has 0 spiro atoms. The Morgan fingerprint density at radius 2 is 1.87 bits per heavy atom. The van der Waals surface area contributed by atoms with Gasteiger partial charge in [-0.3, -0.25) is 9.69 Å². The second-order valence-electron chi connectivity index (χ2n) is 5.58. The number of urea groups is 1. The summed E-state index contributed by atoms with van der Waals surface area (Å²) in [4.78, 5) is 25.4. The molecule has 3 amide bonds. The van der Waals surface area contributed by atoms with Crippen LogP contribution in [0.4, 0.5) is 4.79 Å². The minimum atomic E-state index is -0.350. The lowest BCUT2D eigenvalue weighted by molar-refractivity contribution is -0.122. The zero-order valence-electron chi connectivity index (χ0n) is 13.2. The molecule has 3 rings (SSSR count). The molecule has 0 aliphatic carbocycles. The van der Waals surface area contributed by atoms with Gasteiger partial charge in [-0.05, 0) is 43.7 Å². The lowest BCUT2D eigenvalue weighted by Gasteiger charge is -2.09. The summed E-state index contributed by atoms with van der Waals surface area (Å²) in [7, 11) is 0. The largest absolute Gasteiger partial charge is 0.329 e. The van der Waals surface area contributed by atoms with Crippen molar-refractivity contribution in [1.29, 1.82) is 0 Å². The first kappa shape index (κ1) is 15.1. The number of rotatable bonds is 4. The molecular weight excluding hydrogens is 290 g/mol. The summed E-state index contributed by atoms with van der Waals surface area (Å²) in [6.45, 7) is 4.41. The number of carbonyl (C=O) groups excluding carboxylic acids is 2. The Bertz CT molecular complexity index is 772. The summed E-state index contributed by atoms with van der Waals surface area (Å²) in [5.74, 6) is -0.270. The van der Waals surface area contributed by atoms with E-state index in [2.05, 4.69) is 5.32 Å². The van der Waals surface area contributed by atoms with E-state index >= 15 is 0 Å². The molecule has 1 saturated heterocycles. The molecule has 1 aliphatic heterocycles. The SMILES string of the molecule is CCCN1C(=O)N/C(=C/c2cccn2-c2ccc(C)cc2)C1=O. The molecular formula is C18H19N3O2. The molecule has 0 atom stereocenters. The van der Waals surface area contributed by atoms with Gasteiger partial charge in [0.2, 0.25) is 0 Å². The molecule has 118 valence electrons. The number of carbonyl (C=O) groups is 2. The van der Waals surface area contributed by atoms with E-state index in [1.165, 1.54) is 10.5 Å². The minimum absolute atomic E-state index is 0.270. The van der Waals surface area contributed by atoms with Crippen LogP contribution in [-0.2, 0) is 4.79 Å². The van der Waals surface area contributed by atoms with E-state index in [1.54, 1.807) is 6.08 Å². The van der Waals surface area contributed by atoms with Crippen LogP contribution >= 0.6 is 0 Å². The van der Waals surface area contributed by atoms with Crippen LogP contribution in [0.5, 0.6) is 0 Å². The van der Waals surface area contributed by atoms with Gasteiger partial charge in [0, 0.05) is 24.1 Å². The van der Waals surface area contributed by atoms with Crippen molar-refractivity contribution in [2.24, 2.45) is 0 Å². The highest BCUT2D eigenvalue weighted by molar-refractivity contribution is 6.13. The summed E-state index contributed by atoms with van der Waals surface area (Å²) in [5, 5.41) is 2.65. The molecule has 2 aromatic rings. The molecule has 0 radical (unpaired) electrons. The van der Waals surface area contributed by atoms with Gasteiger partial charge in [0.15, 0.2) is 0 Å². The molecule has 0 saturated carbocycles. The molecule has 2 heterocycles. The van der Waals surface area contributed by atoms with Crippen LogP contribution in [0.25, 0.3) is 11.8 Å². The van der Waals surface area contributed by atoms with Crippen LogP contribution in [0.1, 0.15) is 24.6 Å². The Hall–Kier alpha value is -2.82. The molecule has 0 unspecified atom stereocenters. The number of nitrogens with zero attached hydrogens (tertiary/aromatic N) is 2. The molecule has 1 fully saturated rings. The zero-order chi connectivity index (χ0) is 16.4. The number of aromatic nitrogens is 1. The van der Waals surface area contributed by atoms with Gasteiger partial charge in [0.1, 0.15) is 5.70 Å². The fourth-order valence-corrected chi connectivity index (χ4v) is 2.60. The molecule has 23 heavy (non-hydrogen) atoms. The highest BCUT2D eigenvalue weighted by Crippen LogP contribution is 2.18. The predicted molar refractivity (Wildman–Crippen MR) is 89.0 cm³/mol. The Kier molecular flexibility index (Phi) is 4.02. The molecule has 5 heteroatoms. The Morgan fingerprint density at radius 1 is 1.13 bits per heavy atom. The number of aryl methyl sites for hydroxylation is 1. The van der Waals surface area contributed by atoms with E-state index in [1.807, 2.05) is 61.0 Å². The maximum Gasteiger partial charge on any atom is 0.329 e. The van der Waals surface area contributed by atoms with Crippen molar-refractivity contribution in [2.45, 2.75) is 20.3 Å². The molecule has 5 nitrogen and oxygen atoms in total. The van der Waals surface area contributed by atoms with Gasteiger partial charge in [-0.25, -0.2) is 4.79 Å². The van der Waals surface area contributed by atoms with E-state index in [4.69, 9.17) is 0 Å². The second kappa shape index (κ2) is 6.12. The third kappa shape index (κ3) is 2.90. The van der Waals surface area contributed by atoms with Crippen molar-refractivity contribution in [3.05, 3.63) is 59.5 Å². The van der Waals surface area contributed by atoms with E-state index in [-0.39, 0.29) is 11.9 Å². The van der Waals surface area contributed by atoms with E-state index in [9.17, 15) is 9.59 Å². The van der Waals surface area contributed by atoms with Crippen molar-refractivity contribution in [3.8, 4) is 5.69 Å². The second-order valence-corrected chi connectivity index (χ2v) is 5.58. The van der Waals surface area contributed by atoms with Crippen LogP contribution in [0.2, 0.25) is 0 Å². The number of hydrogen-bond donors (Lipinski definition) is 1. The Morgan fingerprint density at radius 3 is 2.57 bits per heavy atom. The van der Waals surface area contributed by atoms with Gasteiger partial charge in [-0.15, -0.1) is 0 Å². The average molecular weight is 309 g/mol. The van der Waals surface area contributed by atoms with Gasteiger partial charge in [-0.1, -0.05) is 24.6 Å². The number of amides is 3. The zero-order valence-corrected chi connectivity index (χ0v) is 13.2. The van der Waals surface area contributed by atoms with Gasteiger partial charge in [0.05, 0.1) is 0 Å². The van der Waals surface area contributed by atoms with Crippen LogP contribution in [0.3, 0.4) is 0 Å². The first-order valence-corrected chi connectivity index (χ1v) is 7.69. The number of benzene rings is 1.